The van der Waals surface area contributed by atoms with Crippen LogP contribution >= 0.6 is 0 Å². The topological polar surface area (TPSA) is 158 Å². The summed E-state index contributed by atoms with van der Waals surface area (Å²) in [7, 11) is 0. The summed E-state index contributed by atoms with van der Waals surface area (Å²) >= 11 is 0. The van der Waals surface area contributed by atoms with E-state index in [0.29, 0.717) is 42.3 Å². The number of hydrogen-bond donors (Lipinski definition) is 4. The molecule has 1 aliphatic rings. The summed E-state index contributed by atoms with van der Waals surface area (Å²) in [6, 6.07) is 7.71. The number of nitrogens with one attached hydrogen (secondary N) is 3. The van der Waals surface area contributed by atoms with Crippen LogP contribution in [0, 0.1) is 10.1 Å². The van der Waals surface area contributed by atoms with Gasteiger partial charge in [-0.05, 0) is 48.9 Å². The molecular weight excluding hydrogens is 404 g/mol. The van der Waals surface area contributed by atoms with Gasteiger partial charge in [0.25, 0.3) is 5.69 Å². The van der Waals surface area contributed by atoms with Crippen molar-refractivity contribution in [2.24, 2.45) is 0 Å². The molecule has 10 heteroatoms. The Morgan fingerprint density at radius 2 is 1.97 bits per heavy atom. The summed E-state index contributed by atoms with van der Waals surface area (Å²) < 4.78 is 0. The Morgan fingerprint density at radius 3 is 2.71 bits per heavy atom. The quantitative estimate of drug-likeness (QED) is 0.276. The minimum absolute atomic E-state index is 0.112. The number of phenols is 1. The molecule has 160 valence electrons. The molecule has 0 spiro atoms. The van der Waals surface area contributed by atoms with Crippen LogP contribution in [0.2, 0.25) is 0 Å². The molecule has 1 unspecified atom stereocenters. The lowest BCUT2D eigenvalue weighted by molar-refractivity contribution is -0.385. The summed E-state index contributed by atoms with van der Waals surface area (Å²) in [5.41, 5.74) is 0.615. The molecule has 4 N–H and O–H groups in total. The van der Waals surface area contributed by atoms with Crippen molar-refractivity contribution in [3.05, 3.63) is 77.8 Å². The van der Waals surface area contributed by atoms with Crippen LogP contribution in [0.25, 0.3) is 11.0 Å². The molecule has 1 aromatic heterocycles. The van der Waals surface area contributed by atoms with Crippen molar-refractivity contribution < 1.29 is 14.8 Å². The van der Waals surface area contributed by atoms with E-state index in [9.17, 15) is 29.6 Å². The van der Waals surface area contributed by atoms with E-state index >= 15 is 0 Å². The molecule has 1 atom stereocenters. The van der Waals surface area contributed by atoms with Crippen molar-refractivity contribution in [1.82, 2.24) is 15.3 Å². The minimum atomic E-state index is -0.880. The molecule has 0 saturated heterocycles. The Kier molecular flexibility index (Phi) is 5.28. The van der Waals surface area contributed by atoms with Gasteiger partial charge in [0.15, 0.2) is 0 Å². The highest BCUT2D eigenvalue weighted by molar-refractivity contribution is 5.83. The fraction of sp³-hybridized carbons (Fsp3) is 0.286. The Bertz CT molecular complexity index is 1310. The summed E-state index contributed by atoms with van der Waals surface area (Å²) in [5.74, 6) is -0.0317. The third kappa shape index (κ3) is 4.18. The molecule has 10 nitrogen and oxygen atoms in total. The molecule has 0 radical (unpaired) electrons. The second-order valence-corrected chi connectivity index (χ2v) is 7.62. The van der Waals surface area contributed by atoms with Crippen molar-refractivity contribution in [3.63, 3.8) is 0 Å². The summed E-state index contributed by atoms with van der Waals surface area (Å²) in [4.78, 5) is 51.8. The predicted octanol–water partition coefficient (Wildman–Crippen LogP) is 1.44. The zero-order valence-electron chi connectivity index (χ0n) is 16.4. The number of amides is 1. The number of benzene rings is 2. The average molecular weight is 424 g/mol. The number of nitro benzene ring substituents is 1. The SMILES string of the molecule is O=C(CCc1cccc(O)c1)NC1CCc2c([N+](=O)[O-])cc3[nH]c(=O)c(=O)[nH]c3c2C1. The second kappa shape index (κ2) is 8.05. The molecule has 0 bridgehead atoms. The van der Waals surface area contributed by atoms with Crippen LogP contribution in [-0.4, -0.2) is 31.9 Å². The Labute approximate surface area is 175 Å². The number of H-pyrrole nitrogens is 2. The molecule has 31 heavy (non-hydrogen) atoms. The molecule has 0 fully saturated rings. The van der Waals surface area contributed by atoms with Crippen LogP contribution in [0.1, 0.15) is 29.5 Å². The highest BCUT2D eigenvalue weighted by Gasteiger charge is 2.29. The van der Waals surface area contributed by atoms with Gasteiger partial charge in [0.05, 0.1) is 16.0 Å². The van der Waals surface area contributed by atoms with Crippen molar-refractivity contribution in [3.8, 4) is 5.75 Å². The number of hydrogen-bond acceptors (Lipinski definition) is 6. The van der Waals surface area contributed by atoms with E-state index in [2.05, 4.69) is 15.3 Å². The van der Waals surface area contributed by atoms with Crippen LogP contribution in [0.3, 0.4) is 0 Å². The first-order valence-electron chi connectivity index (χ1n) is 9.84. The normalized spacial score (nSPS) is 15.4. The number of carbonyl (C=O) groups is 1. The van der Waals surface area contributed by atoms with Gasteiger partial charge in [0.2, 0.25) is 5.91 Å². The van der Waals surface area contributed by atoms with Crippen molar-refractivity contribution in [2.45, 2.75) is 38.1 Å². The smallest absolute Gasteiger partial charge is 0.314 e. The summed E-state index contributed by atoms with van der Waals surface area (Å²) in [6.45, 7) is 0. The van der Waals surface area contributed by atoms with Gasteiger partial charge >= 0.3 is 11.1 Å². The molecule has 2 aromatic carbocycles. The third-order valence-electron chi connectivity index (χ3n) is 5.53. The molecule has 1 aliphatic carbocycles. The highest BCUT2D eigenvalue weighted by Crippen LogP contribution is 2.34. The number of nitro groups is 1. The van der Waals surface area contributed by atoms with Gasteiger partial charge in [-0.1, -0.05) is 12.1 Å². The van der Waals surface area contributed by atoms with Crippen LogP contribution in [0.15, 0.2) is 39.9 Å². The maximum absolute atomic E-state index is 12.4. The van der Waals surface area contributed by atoms with Crippen LogP contribution in [-0.2, 0) is 24.1 Å². The number of carbonyl (C=O) groups excluding carboxylic acids is 1. The highest BCUT2D eigenvalue weighted by atomic mass is 16.6. The number of aryl methyl sites for hydroxylation is 1. The first-order chi connectivity index (χ1) is 14.8. The van der Waals surface area contributed by atoms with Gasteiger partial charge in [0, 0.05) is 24.1 Å². The van der Waals surface area contributed by atoms with Crippen molar-refractivity contribution in [1.29, 1.82) is 0 Å². The van der Waals surface area contributed by atoms with Gasteiger partial charge in [-0.15, -0.1) is 0 Å². The number of nitrogens with zero attached hydrogens (tertiary/aromatic N) is 1. The lowest BCUT2D eigenvalue weighted by Gasteiger charge is -2.26. The van der Waals surface area contributed by atoms with Crippen LogP contribution in [0.5, 0.6) is 5.75 Å². The van der Waals surface area contributed by atoms with E-state index < -0.39 is 16.0 Å². The number of aromatic nitrogens is 2. The second-order valence-electron chi connectivity index (χ2n) is 7.62. The van der Waals surface area contributed by atoms with E-state index in [4.69, 9.17) is 0 Å². The summed E-state index contributed by atoms with van der Waals surface area (Å²) in [6.07, 6.45) is 1.87. The largest absolute Gasteiger partial charge is 0.508 e. The third-order valence-corrected chi connectivity index (χ3v) is 5.53. The number of aromatic amines is 2. The predicted molar refractivity (Wildman–Crippen MR) is 112 cm³/mol. The van der Waals surface area contributed by atoms with Gasteiger partial charge in [-0.3, -0.25) is 24.5 Å². The maximum atomic E-state index is 12.4. The van der Waals surface area contributed by atoms with E-state index in [0.717, 1.165) is 5.56 Å². The molecule has 0 aliphatic heterocycles. The lowest BCUT2D eigenvalue weighted by atomic mass is 9.86. The number of aromatic hydroxyl groups is 1. The molecule has 3 aromatic rings. The molecule has 4 rings (SSSR count). The molecule has 1 heterocycles. The van der Waals surface area contributed by atoms with Crippen LogP contribution < -0.4 is 16.4 Å². The van der Waals surface area contributed by atoms with Gasteiger partial charge in [-0.2, -0.15) is 0 Å². The fourth-order valence-electron chi connectivity index (χ4n) is 4.08. The summed E-state index contributed by atoms with van der Waals surface area (Å²) in [5, 5.41) is 24.0. The lowest BCUT2D eigenvalue weighted by Crippen LogP contribution is -2.39. The fourth-order valence-corrected chi connectivity index (χ4v) is 4.08. The molecule has 0 saturated carbocycles. The van der Waals surface area contributed by atoms with E-state index in [-0.39, 0.29) is 35.3 Å². The number of rotatable bonds is 5. The number of phenolic OH excluding ortho intramolecular Hbond substituents is 1. The van der Waals surface area contributed by atoms with Gasteiger partial charge < -0.3 is 20.4 Å². The maximum Gasteiger partial charge on any atom is 0.314 e. The van der Waals surface area contributed by atoms with E-state index in [1.807, 2.05) is 6.07 Å². The standard InChI is InChI=1S/C21H20N4O6/c26-13-3-1-2-11(8-13)4-7-18(27)22-12-5-6-14-15(9-12)19-16(10-17(14)25(30)31)23-20(28)21(29)24-19/h1-3,8,10,12,26H,4-7,9H2,(H,22,27)(H,23,28)(H,24,29). The Morgan fingerprint density at radius 1 is 1.19 bits per heavy atom. The zero-order valence-corrected chi connectivity index (χ0v) is 16.4. The molecule has 1 amide bonds. The molecular formula is C21H20N4O6. The zero-order chi connectivity index (χ0) is 22.1. The van der Waals surface area contributed by atoms with E-state index in [1.165, 1.54) is 6.07 Å². The Hall–Kier alpha value is -3.95. The average Bonchev–Trinajstić information content (AvgIpc) is 2.73. The first-order valence-corrected chi connectivity index (χ1v) is 9.84. The van der Waals surface area contributed by atoms with E-state index in [1.54, 1.807) is 18.2 Å². The first kappa shape index (κ1) is 20.3. The van der Waals surface area contributed by atoms with Crippen LogP contribution in [0.4, 0.5) is 5.69 Å². The van der Waals surface area contributed by atoms with Gasteiger partial charge in [0.1, 0.15) is 5.75 Å². The van der Waals surface area contributed by atoms with Crippen molar-refractivity contribution >= 4 is 22.6 Å². The van der Waals surface area contributed by atoms with Gasteiger partial charge in [-0.25, -0.2) is 0 Å². The minimum Gasteiger partial charge on any atom is -0.508 e. The monoisotopic (exact) mass is 424 g/mol. The number of fused-ring (bicyclic) bond motifs is 3. The Balaban J connectivity index is 1.56. The van der Waals surface area contributed by atoms with Crippen molar-refractivity contribution in [2.75, 3.05) is 0 Å².